The second-order valence-corrected chi connectivity index (χ2v) is 6.42. The molecule has 0 bridgehead atoms. The van der Waals surface area contributed by atoms with E-state index < -0.39 is 11.1 Å². The van der Waals surface area contributed by atoms with E-state index in [1.165, 1.54) is 24.1 Å². The van der Waals surface area contributed by atoms with Gasteiger partial charge in [-0.05, 0) is 29.8 Å². The van der Waals surface area contributed by atoms with Crippen molar-refractivity contribution in [2.24, 2.45) is 0 Å². The van der Waals surface area contributed by atoms with Gasteiger partial charge in [0.25, 0.3) is 0 Å². The Labute approximate surface area is 165 Å². The second-order valence-electron chi connectivity index (χ2n) is 5.98. The highest BCUT2D eigenvalue weighted by Crippen LogP contribution is 2.19. The highest BCUT2D eigenvalue weighted by molar-refractivity contribution is 6.30. The number of carbonyl (C=O) groups excluding carboxylic acids is 1. The van der Waals surface area contributed by atoms with E-state index in [9.17, 15) is 14.4 Å². The van der Waals surface area contributed by atoms with Gasteiger partial charge < -0.3 is 10.1 Å². The number of nitrogens with zero attached hydrogens (tertiary/aromatic N) is 2. The summed E-state index contributed by atoms with van der Waals surface area (Å²) in [7, 11) is 1.48. The largest absolute Gasteiger partial charge is 0.495 e. The van der Waals surface area contributed by atoms with Crippen LogP contribution < -0.4 is 21.2 Å². The molecule has 2 aromatic carbocycles. The molecule has 1 heterocycles. The van der Waals surface area contributed by atoms with Crippen LogP contribution in [0.3, 0.4) is 0 Å². The predicted octanol–water partition coefficient (Wildman–Crippen LogP) is 1.98. The van der Waals surface area contributed by atoms with Crippen LogP contribution in [0.15, 0.2) is 70.5 Å². The van der Waals surface area contributed by atoms with Gasteiger partial charge in [-0.3, -0.25) is 23.5 Å². The van der Waals surface area contributed by atoms with Crippen LogP contribution in [0.2, 0.25) is 5.02 Å². The van der Waals surface area contributed by atoms with Gasteiger partial charge in [-0.2, -0.15) is 0 Å². The zero-order chi connectivity index (χ0) is 20.1. The highest BCUT2D eigenvalue weighted by Gasteiger charge is 2.12. The number of rotatable bonds is 6. The first-order chi connectivity index (χ1) is 13.5. The number of amides is 1. The fourth-order valence-corrected chi connectivity index (χ4v) is 2.79. The molecule has 0 saturated heterocycles. The minimum Gasteiger partial charge on any atom is -0.495 e. The molecule has 1 amide bonds. The second kappa shape index (κ2) is 8.58. The Kier molecular flexibility index (Phi) is 5.96. The Bertz CT molecular complexity index is 1100. The van der Waals surface area contributed by atoms with Gasteiger partial charge in [-0.15, -0.1) is 0 Å². The number of nitrogens with one attached hydrogen (secondary N) is 1. The molecule has 8 heteroatoms. The lowest BCUT2D eigenvalue weighted by Gasteiger charge is -2.12. The van der Waals surface area contributed by atoms with E-state index >= 15 is 0 Å². The SMILES string of the molecule is COc1ccccc1-n1ccn(CC(=O)NCc2ccc(Cl)cc2)c(=O)c1=O. The van der Waals surface area contributed by atoms with Crippen LogP contribution in [0.25, 0.3) is 5.69 Å². The van der Waals surface area contributed by atoms with Crippen LogP contribution >= 0.6 is 11.6 Å². The zero-order valence-corrected chi connectivity index (χ0v) is 15.8. The summed E-state index contributed by atoms with van der Waals surface area (Å²) >= 11 is 5.83. The lowest BCUT2D eigenvalue weighted by atomic mass is 10.2. The third-order valence-electron chi connectivity index (χ3n) is 4.12. The average Bonchev–Trinajstić information content (AvgIpc) is 2.71. The Balaban J connectivity index is 1.76. The molecule has 0 aliphatic rings. The molecule has 144 valence electrons. The molecule has 0 aliphatic carbocycles. The van der Waals surface area contributed by atoms with Crippen molar-refractivity contribution in [2.75, 3.05) is 7.11 Å². The molecule has 1 aromatic heterocycles. The number of carbonyl (C=O) groups is 1. The highest BCUT2D eigenvalue weighted by atomic mass is 35.5. The first-order valence-corrected chi connectivity index (χ1v) is 8.84. The maximum absolute atomic E-state index is 12.5. The standard InChI is InChI=1S/C20H18ClN3O4/c1-28-17-5-3-2-4-16(17)24-11-10-23(19(26)20(24)27)13-18(25)22-12-14-6-8-15(21)9-7-14/h2-11H,12-13H2,1H3,(H,22,25). The minimum atomic E-state index is -0.796. The van der Waals surface area contributed by atoms with Gasteiger partial charge >= 0.3 is 11.1 Å². The third kappa shape index (κ3) is 4.32. The molecule has 0 unspecified atom stereocenters. The van der Waals surface area contributed by atoms with Crippen molar-refractivity contribution < 1.29 is 9.53 Å². The quantitative estimate of drug-likeness (QED) is 0.642. The molecule has 7 nitrogen and oxygen atoms in total. The van der Waals surface area contributed by atoms with Crippen LogP contribution in [-0.2, 0) is 17.9 Å². The number of aromatic nitrogens is 2. The smallest absolute Gasteiger partial charge is 0.321 e. The number of halogens is 1. The summed E-state index contributed by atoms with van der Waals surface area (Å²) in [5.41, 5.74) is -0.240. The molecule has 0 fully saturated rings. The summed E-state index contributed by atoms with van der Waals surface area (Å²) in [5, 5.41) is 3.32. The summed E-state index contributed by atoms with van der Waals surface area (Å²) in [5.74, 6) is 0.0777. The summed E-state index contributed by atoms with van der Waals surface area (Å²) in [6, 6.07) is 13.9. The van der Waals surface area contributed by atoms with Crippen LogP contribution in [0, 0.1) is 0 Å². The number of hydrogen-bond acceptors (Lipinski definition) is 4. The fourth-order valence-electron chi connectivity index (χ4n) is 2.66. The van der Waals surface area contributed by atoms with Crippen molar-refractivity contribution in [3.05, 3.63) is 92.2 Å². The molecule has 0 aliphatic heterocycles. The molecule has 0 atom stereocenters. The van der Waals surface area contributed by atoms with Crippen molar-refractivity contribution in [1.29, 1.82) is 0 Å². The van der Waals surface area contributed by atoms with E-state index in [2.05, 4.69) is 5.32 Å². The van der Waals surface area contributed by atoms with E-state index in [4.69, 9.17) is 16.3 Å². The van der Waals surface area contributed by atoms with Gasteiger partial charge in [-0.1, -0.05) is 35.9 Å². The van der Waals surface area contributed by atoms with E-state index in [1.54, 1.807) is 48.5 Å². The number of benzene rings is 2. The molecule has 0 radical (unpaired) electrons. The lowest BCUT2D eigenvalue weighted by molar-refractivity contribution is -0.121. The fraction of sp³-hybridized carbons (Fsp3) is 0.150. The van der Waals surface area contributed by atoms with Crippen molar-refractivity contribution in [3.63, 3.8) is 0 Å². The maximum atomic E-state index is 12.5. The maximum Gasteiger partial charge on any atom is 0.321 e. The number of para-hydroxylation sites is 2. The summed E-state index contributed by atoms with van der Waals surface area (Å²) in [6.07, 6.45) is 2.84. The van der Waals surface area contributed by atoms with Crippen LogP contribution in [0.4, 0.5) is 0 Å². The molecular formula is C20H18ClN3O4. The number of hydrogen-bond donors (Lipinski definition) is 1. The number of methoxy groups -OCH3 is 1. The Morgan fingerprint density at radius 3 is 2.46 bits per heavy atom. The Morgan fingerprint density at radius 2 is 1.75 bits per heavy atom. The van der Waals surface area contributed by atoms with Crippen LogP contribution in [0.5, 0.6) is 5.75 Å². The molecular weight excluding hydrogens is 382 g/mol. The first kappa shape index (κ1) is 19.4. The summed E-state index contributed by atoms with van der Waals surface area (Å²) in [4.78, 5) is 37.0. The first-order valence-electron chi connectivity index (χ1n) is 8.46. The van der Waals surface area contributed by atoms with E-state index in [0.29, 0.717) is 23.0 Å². The van der Waals surface area contributed by atoms with Gasteiger partial charge in [0.05, 0.1) is 12.8 Å². The summed E-state index contributed by atoms with van der Waals surface area (Å²) < 4.78 is 7.50. The molecule has 3 rings (SSSR count). The van der Waals surface area contributed by atoms with E-state index in [1.807, 2.05) is 0 Å². The topological polar surface area (TPSA) is 82.3 Å². The molecule has 0 saturated carbocycles. The monoisotopic (exact) mass is 399 g/mol. The van der Waals surface area contributed by atoms with Gasteiger partial charge in [0.2, 0.25) is 5.91 Å². The predicted molar refractivity (Wildman–Crippen MR) is 106 cm³/mol. The van der Waals surface area contributed by atoms with Crippen LogP contribution in [-0.4, -0.2) is 22.2 Å². The van der Waals surface area contributed by atoms with Crippen molar-refractivity contribution in [1.82, 2.24) is 14.5 Å². The van der Waals surface area contributed by atoms with Crippen molar-refractivity contribution >= 4 is 17.5 Å². The average molecular weight is 400 g/mol. The Hall–Kier alpha value is -3.32. The number of ether oxygens (including phenoxy) is 1. The lowest BCUT2D eigenvalue weighted by Crippen LogP contribution is -2.42. The minimum absolute atomic E-state index is 0.256. The molecule has 1 N–H and O–H groups in total. The van der Waals surface area contributed by atoms with Crippen molar-refractivity contribution in [3.8, 4) is 11.4 Å². The third-order valence-corrected chi connectivity index (χ3v) is 4.37. The Morgan fingerprint density at radius 1 is 1.04 bits per heavy atom. The van der Waals surface area contributed by atoms with Gasteiger partial charge in [-0.25, -0.2) is 0 Å². The zero-order valence-electron chi connectivity index (χ0n) is 15.1. The van der Waals surface area contributed by atoms with Crippen molar-refractivity contribution in [2.45, 2.75) is 13.1 Å². The van der Waals surface area contributed by atoms with Gasteiger partial charge in [0.15, 0.2) is 0 Å². The van der Waals surface area contributed by atoms with E-state index in [0.717, 1.165) is 10.1 Å². The van der Waals surface area contributed by atoms with Gasteiger partial charge in [0.1, 0.15) is 12.3 Å². The van der Waals surface area contributed by atoms with Crippen LogP contribution in [0.1, 0.15) is 5.56 Å². The molecule has 3 aromatic rings. The molecule has 0 spiro atoms. The normalized spacial score (nSPS) is 10.5. The van der Waals surface area contributed by atoms with E-state index in [-0.39, 0.29) is 12.5 Å². The van der Waals surface area contributed by atoms with Gasteiger partial charge in [0, 0.05) is 24.0 Å². The molecule has 28 heavy (non-hydrogen) atoms. The summed E-state index contributed by atoms with van der Waals surface area (Å²) in [6.45, 7) is 0.0391.